The second-order valence-electron chi connectivity index (χ2n) is 5.09. The highest BCUT2D eigenvalue weighted by Gasteiger charge is 2.45. The van der Waals surface area contributed by atoms with E-state index < -0.39 is 11.5 Å². The third kappa shape index (κ3) is 2.07. The van der Waals surface area contributed by atoms with Crippen molar-refractivity contribution in [2.45, 2.75) is 38.3 Å². The van der Waals surface area contributed by atoms with E-state index in [1.807, 2.05) is 43.1 Å². The maximum absolute atomic E-state index is 11.7. The number of hydrogen-bond donors (Lipinski definition) is 1. The topological polar surface area (TPSA) is 40.5 Å². The molecule has 3 heteroatoms. The number of carboxylic acid groups (broad SMARTS) is 1. The van der Waals surface area contributed by atoms with Crippen LogP contribution in [0.2, 0.25) is 0 Å². The summed E-state index contributed by atoms with van der Waals surface area (Å²) < 4.78 is 0. The van der Waals surface area contributed by atoms with Gasteiger partial charge in [-0.2, -0.15) is 0 Å². The lowest BCUT2D eigenvalue weighted by molar-refractivity contribution is -0.150. The molecule has 1 aromatic carbocycles. The molecule has 0 amide bonds. The fourth-order valence-electron chi connectivity index (χ4n) is 2.25. The smallest absolute Gasteiger partial charge is 0.328 e. The molecule has 1 aliphatic carbocycles. The van der Waals surface area contributed by atoms with E-state index >= 15 is 0 Å². The van der Waals surface area contributed by atoms with Gasteiger partial charge in [-0.3, -0.25) is 4.90 Å². The normalized spacial score (nSPS) is 19.1. The number of aryl methyl sites for hydroxylation is 1. The summed E-state index contributed by atoms with van der Waals surface area (Å²) in [5.74, 6) is -0.780. The second-order valence-corrected chi connectivity index (χ2v) is 5.09. The van der Waals surface area contributed by atoms with Crippen molar-refractivity contribution in [3.05, 3.63) is 35.4 Å². The van der Waals surface area contributed by atoms with Crippen molar-refractivity contribution in [3.8, 4) is 0 Å². The van der Waals surface area contributed by atoms with Gasteiger partial charge in [0.15, 0.2) is 0 Å². The minimum absolute atomic E-state index is 0.414. The zero-order valence-electron chi connectivity index (χ0n) is 10.6. The Hall–Kier alpha value is -1.35. The van der Waals surface area contributed by atoms with Gasteiger partial charge in [-0.15, -0.1) is 0 Å². The summed E-state index contributed by atoms with van der Waals surface area (Å²) in [5.41, 5.74) is 1.03. The van der Waals surface area contributed by atoms with E-state index in [2.05, 4.69) is 0 Å². The minimum Gasteiger partial charge on any atom is -0.480 e. The Morgan fingerprint density at radius 3 is 2.59 bits per heavy atom. The van der Waals surface area contributed by atoms with E-state index in [0.717, 1.165) is 24.0 Å². The third-order valence-corrected chi connectivity index (χ3v) is 3.80. The average Bonchev–Trinajstić information content (AvgIpc) is 3.10. The van der Waals surface area contributed by atoms with Gasteiger partial charge in [0, 0.05) is 6.04 Å². The number of nitrogens with zero attached hydrogens (tertiary/aromatic N) is 1. The summed E-state index contributed by atoms with van der Waals surface area (Å²) in [5, 5.41) is 9.58. The van der Waals surface area contributed by atoms with Crippen molar-refractivity contribution < 1.29 is 9.90 Å². The predicted octanol–water partition coefficient (Wildman–Crippen LogP) is 2.39. The lowest BCUT2D eigenvalue weighted by atomic mass is 9.89. The molecule has 2 rings (SSSR count). The van der Waals surface area contributed by atoms with Crippen LogP contribution in [0, 0.1) is 6.92 Å². The predicted molar refractivity (Wildman–Crippen MR) is 67.0 cm³/mol. The lowest BCUT2D eigenvalue weighted by Crippen LogP contribution is -2.48. The molecule has 0 spiro atoms. The van der Waals surface area contributed by atoms with Crippen LogP contribution >= 0.6 is 0 Å². The zero-order chi connectivity index (χ0) is 12.6. The molecule has 0 radical (unpaired) electrons. The summed E-state index contributed by atoms with van der Waals surface area (Å²) in [4.78, 5) is 13.7. The van der Waals surface area contributed by atoms with Gasteiger partial charge < -0.3 is 5.11 Å². The van der Waals surface area contributed by atoms with Crippen LogP contribution in [0.25, 0.3) is 0 Å². The zero-order valence-corrected chi connectivity index (χ0v) is 10.6. The SMILES string of the molecule is Cc1cccc(C(C)(C(=O)O)N(C)C2CC2)c1. The van der Waals surface area contributed by atoms with E-state index in [1.165, 1.54) is 0 Å². The molecule has 17 heavy (non-hydrogen) atoms. The lowest BCUT2D eigenvalue weighted by Gasteiger charge is -2.35. The number of aliphatic carboxylic acids is 1. The van der Waals surface area contributed by atoms with Crippen molar-refractivity contribution in [1.82, 2.24) is 4.90 Å². The maximum Gasteiger partial charge on any atom is 0.328 e. The Labute approximate surface area is 102 Å². The Bertz CT molecular complexity index is 440. The van der Waals surface area contributed by atoms with E-state index in [0.29, 0.717) is 6.04 Å². The summed E-state index contributed by atoms with van der Waals surface area (Å²) in [6.07, 6.45) is 2.20. The molecular formula is C14H19NO2. The fourth-order valence-corrected chi connectivity index (χ4v) is 2.25. The van der Waals surface area contributed by atoms with Gasteiger partial charge in [0.25, 0.3) is 0 Å². The fraction of sp³-hybridized carbons (Fsp3) is 0.500. The van der Waals surface area contributed by atoms with Gasteiger partial charge in [0.2, 0.25) is 0 Å². The van der Waals surface area contributed by atoms with E-state index in [4.69, 9.17) is 0 Å². The van der Waals surface area contributed by atoms with Crippen molar-refractivity contribution in [1.29, 1.82) is 0 Å². The van der Waals surface area contributed by atoms with Crippen molar-refractivity contribution in [2.24, 2.45) is 0 Å². The van der Waals surface area contributed by atoms with Crippen LogP contribution in [-0.4, -0.2) is 29.1 Å². The molecular weight excluding hydrogens is 214 g/mol. The highest BCUT2D eigenvalue weighted by molar-refractivity contribution is 5.80. The van der Waals surface area contributed by atoms with Gasteiger partial charge in [0.05, 0.1) is 0 Å². The first kappa shape index (κ1) is 12.1. The van der Waals surface area contributed by atoms with Gasteiger partial charge in [-0.05, 0) is 39.3 Å². The number of hydrogen-bond acceptors (Lipinski definition) is 2. The first-order valence-electron chi connectivity index (χ1n) is 5.99. The number of carboxylic acids is 1. The van der Waals surface area contributed by atoms with Crippen LogP contribution in [0.4, 0.5) is 0 Å². The van der Waals surface area contributed by atoms with Crippen molar-refractivity contribution >= 4 is 5.97 Å². The molecule has 0 aromatic heterocycles. The summed E-state index contributed by atoms with van der Waals surface area (Å²) in [6, 6.07) is 8.19. The standard InChI is InChI=1S/C14H19NO2/c1-10-5-4-6-11(9-10)14(2,13(16)17)15(3)12-7-8-12/h4-6,9,12H,7-8H2,1-3H3,(H,16,17). The molecule has 1 aromatic rings. The molecule has 0 bridgehead atoms. The number of likely N-dealkylation sites (N-methyl/N-ethyl adjacent to an activating group) is 1. The third-order valence-electron chi connectivity index (χ3n) is 3.80. The van der Waals surface area contributed by atoms with Crippen LogP contribution in [0.3, 0.4) is 0 Å². The number of rotatable bonds is 4. The molecule has 0 heterocycles. The molecule has 1 fully saturated rings. The molecule has 1 N–H and O–H groups in total. The molecule has 1 saturated carbocycles. The van der Waals surface area contributed by atoms with E-state index in [1.54, 1.807) is 6.92 Å². The van der Waals surface area contributed by atoms with Gasteiger partial charge >= 0.3 is 5.97 Å². The Kier molecular flexibility index (Phi) is 2.96. The summed E-state index contributed by atoms with van der Waals surface area (Å²) >= 11 is 0. The van der Waals surface area contributed by atoms with Gasteiger partial charge in [-0.1, -0.05) is 29.8 Å². The van der Waals surface area contributed by atoms with Crippen LogP contribution in [0.15, 0.2) is 24.3 Å². The molecule has 92 valence electrons. The maximum atomic E-state index is 11.7. The van der Waals surface area contributed by atoms with Crippen molar-refractivity contribution in [2.75, 3.05) is 7.05 Å². The first-order chi connectivity index (χ1) is 7.96. The monoisotopic (exact) mass is 233 g/mol. The van der Waals surface area contributed by atoms with E-state index in [9.17, 15) is 9.90 Å². The second kappa shape index (κ2) is 4.15. The summed E-state index contributed by atoms with van der Waals surface area (Å²) in [7, 11) is 1.91. The Morgan fingerprint density at radius 2 is 2.12 bits per heavy atom. The first-order valence-corrected chi connectivity index (χ1v) is 5.99. The highest BCUT2D eigenvalue weighted by Crippen LogP contribution is 2.37. The van der Waals surface area contributed by atoms with E-state index in [-0.39, 0.29) is 0 Å². The van der Waals surface area contributed by atoms with Crippen LogP contribution < -0.4 is 0 Å². The molecule has 1 unspecified atom stereocenters. The van der Waals surface area contributed by atoms with Crippen LogP contribution in [0.5, 0.6) is 0 Å². The van der Waals surface area contributed by atoms with Crippen LogP contribution in [0.1, 0.15) is 30.9 Å². The Balaban J connectivity index is 2.43. The molecule has 1 atom stereocenters. The molecule has 0 aliphatic heterocycles. The molecule has 0 saturated heterocycles. The highest BCUT2D eigenvalue weighted by atomic mass is 16.4. The Morgan fingerprint density at radius 1 is 1.47 bits per heavy atom. The summed E-state index contributed by atoms with van der Waals surface area (Å²) in [6.45, 7) is 3.78. The number of benzene rings is 1. The quantitative estimate of drug-likeness (QED) is 0.868. The van der Waals surface area contributed by atoms with Gasteiger partial charge in [0.1, 0.15) is 5.54 Å². The largest absolute Gasteiger partial charge is 0.480 e. The van der Waals surface area contributed by atoms with Crippen molar-refractivity contribution in [3.63, 3.8) is 0 Å². The minimum atomic E-state index is -0.923. The van der Waals surface area contributed by atoms with Gasteiger partial charge in [-0.25, -0.2) is 4.79 Å². The van der Waals surface area contributed by atoms with Crippen LogP contribution in [-0.2, 0) is 10.3 Å². The number of carbonyl (C=O) groups is 1. The average molecular weight is 233 g/mol. The molecule has 1 aliphatic rings. The molecule has 3 nitrogen and oxygen atoms in total.